The van der Waals surface area contributed by atoms with E-state index in [1.165, 1.54) is 0 Å². The number of hydrogen-bond donors (Lipinski definition) is 4. The standard InChI is InChI=1S/C33H31N5O3/c34-32(41)33(37-25-5-2-1-3-6-25)14-17-38(18-15-33)30(39)19-22-9-11-23(12-10-22)26-7-4-8-27(31(26)40)28-20-24-13-16-35-21-29(24)36-28/h1-13,16,20-21,36-37,40H,14-15,17-19H2,(H2,34,41). The Morgan fingerprint density at radius 2 is 1.68 bits per heavy atom. The van der Waals surface area contributed by atoms with E-state index < -0.39 is 11.4 Å². The molecular formula is C33H31N5O3. The van der Waals surface area contributed by atoms with Crippen molar-refractivity contribution in [2.45, 2.75) is 24.8 Å². The molecule has 0 bridgehead atoms. The van der Waals surface area contributed by atoms with Crippen LogP contribution in [0.25, 0.3) is 33.3 Å². The van der Waals surface area contributed by atoms with Crippen molar-refractivity contribution in [2.75, 3.05) is 18.4 Å². The lowest BCUT2D eigenvalue weighted by Gasteiger charge is -2.40. The molecule has 2 aromatic heterocycles. The summed E-state index contributed by atoms with van der Waals surface area (Å²) >= 11 is 0. The molecule has 1 aliphatic heterocycles. The number of pyridine rings is 1. The Morgan fingerprint density at radius 3 is 2.39 bits per heavy atom. The summed E-state index contributed by atoms with van der Waals surface area (Å²) in [7, 11) is 0. The van der Waals surface area contributed by atoms with Gasteiger partial charge in [-0.1, -0.05) is 54.6 Å². The highest BCUT2D eigenvalue weighted by molar-refractivity contribution is 5.90. The van der Waals surface area contributed by atoms with Gasteiger partial charge in [-0.2, -0.15) is 0 Å². The molecular weight excluding hydrogens is 514 g/mol. The van der Waals surface area contributed by atoms with Crippen molar-refractivity contribution >= 4 is 28.4 Å². The summed E-state index contributed by atoms with van der Waals surface area (Å²) in [5.74, 6) is -0.210. The second-order valence-corrected chi connectivity index (χ2v) is 10.5. The van der Waals surface area contributed by atoms with E-state index in [1.54, 1.807) is 17.3 Å². The zero-order valence-corrected chi connectivity index (χ0v) is 22.5. The highest BCUT2D eigenvalue weighted by Gasteiger charge is 2.40. The summed E-state index contributed by atoms with van der Waals surface area (Å²) in [5, 5.41) is 15.5. The average molecular weight is 546 g/mol. The molecule has 0 saturated carbocycles. The average Bonchev–Trinajstić information content (AvgIpc) is 3.43. The molecule has 0 radical (unpaired) electrons. The summed E-state index contributed by atoms with van der Waals surface area (Å²) in [6.07, 6.45) is 4.66. The summed E-state index contributed by atoms with van der Waals surface area (Å²) in [4.78, 5) is 34.8. The molecule has 0 aliphatic carbocycles. The fourth-order valence-electron chi connectivity index (χ4n) is 5.57. The predicted octanol–water partition coefficient (Wildman–Crippen LogP) is 5.10. The maximum Gasteiger partial charge on any atom is 0.243 e. The van der Waals surface area contributed by atoms with E-state index in [2.05, 4.69) is 15.3 Å². The molecule has 5 N–H and O–H groups in total. The summed E-state index contributed by atoms with van der Waals surface area (Å²) < 4.78 is 0. The van der Waals surface area contributed by atoms with Crippen LogP contribution in [0.15, 0.2) is 97.3 Å². The highest BCUT2D eigenvalue weighted by atomic mass is 16.3. The number of hydrogen-bond acceptors (Lipinski definition) is 5. The number of carbonyl (C=O) groups excluding carboxylic acids is 2. The topological polar surface area (TPSA) is 124 Å². The quantitative estimate of drug-likeness (QED) is 0.226. The minimum Gasteiger partial charge on any atom is -0.507 e. The van der Waals surface area contributed by atoms with Crippen LogP contribution in [-0.2, 0) is 16.0 Å². The minimum absolute atomic E-state index is 0.00803. The van der Waals surface area contributed by atoms with Crippen LogP contribution in [0, 0.1) is 0 Å². The van der Waals surface area contributed by atoms with E-state index in [9.17, 15) is 14.7 Å². The molecule has 0 unspecified atom stereocenters. The molecule has 2 amide bonds. The Hall–Kier alpha value is -5.11. The lowest BCUT2D eigenvalue weighted by Crippen LogP contribution is -2.58. The van der Waals surface area contributed by atoms with Gasteiger partial charge in [-0.3, -0.25) is 14.6 Å². The molecule has 5 aromatic rings. The zero-order valence-electron chi connectivity index (χ0n) is 22.5. The first-order valence-electron chi connectivity index (χ1n) is 13.7. The van der Waals surface area contributed by atoms with Gasteiger partial charge in [0, 0.05) is 41.5 Å². The van der Waals surface area contributed by atoms with Crippen molar-refractivity contribution < 1.29 is 14.7 Å². The van der Waals surface area contributed by atoms with Gasteiger partial charge in [0.15, 0.2) is 0 Å². The van der Waals surface area contributed by atoms with Crippen molar-refractivity contribution in [3.05, 3.63) is 103 Å². The molecule has 3 aromatic carbocycles. The first-order chi connectivity index (χ1) is 19.9. The molecule has 1 fully saturated rings. The van der Waals surface area contributed by atoms with Crippen LogP contribution >= 0.6 is 0 Å². The Labute approximate surface area is 237 Å². The second kappa shape index (κ2) is 10.8. The number of H-pyrrole nitrogens is 1. The maximum absolute atomic E-state index is 13.1. The lowest BCUT2D eigenvalue weighted by molar-refractivity contribution is -0.134. The van der Waals surface area contributed by atoms with E-state index in [1.807, 2.05) is 84.9 Å². The Bertz CT molecular complexity index is 1670. The van der Waals surface area contributed by atoms with E-state index >= 15 is 0 Å². The number of primary amides is 1. The van der Waals surface area contributed by atoms with Crippen LogP contribution < -0.4 is 11.1 Å². The number of aromatic nitrogens is 2. The van der Waals surface area contributed by atoms with Crippen LogP contribution in [0.1, 0.15) is 18.4 Å². The molecule has 1 saturated heterocycles. The van der Waals surface area contributed by atoms with Crippen molar-refractivity contribution in [3.63, 3.8) is 0 Å². The third kappa shape index (κ3) is 5.24. The maximum atomic E-state index is 13.1. The number of piperidine rings is 1. The number of phenolic OH excluding ortho intramolecular Hbond substituents is 1. The largest absolute Gasteiger partial charge is 0.507 e. The smallest absolute Gasteiger partial charge is 0.243 e. The first-order valence-corrected chi connectivity index (χ1v) is 13.7. The molecule has 3 heterocycles. The third-order valence-corrected chi connectivity index (χ3v) is 7.97. The number of carbonyl (C=O) groups is 2. The van der Waals surface area contributed by atoms with Crippen molar-refractivity contribution in [2.24, 2.45) is 5.73 Å². The van der Waals surface area contributed by atoms with Crippen molar-refractivity contribution in [3.8, 4) is 28.1 Å². The van der Waals surface area contributed by atoms with E-state index in [0.29, 0.717) is 37.1 Å². The Kier molecular flexibility index (Phi) is 6.89. The summed E-state index contributed by atoms with van der Waals surface area (Å²) in [5.41, 5.74) is 10.6. The predicted molar refractivity (Wildman–Crippen MR) is 160 cm³/mol. The fourth-order valence-corrected chi connectivity index (χ4v) is 5.57. The lowest BCUT2D eigenvalue weighted by atomic mass is 9.86. The molecule has 1 aliphatic rings. The number of nitrogens with zero attached hydrogens (tertiary/aromatic N) is 2. The van der Waals surface area contributed by atoms with Crippen LogP contribution in [0.4, 0.5) is 5.69 Å². The Morgan fingerprint density at radius 1 is 0.951 bits per heavy atom. The van der Waals surface area contributed by atoms with Gasteiger partial charge in [-0.15, -0.1) is 0 Å². The minimum atomic E-state index is -0.875. The van der Waals surface area contributed by atoms with Gasteiger partial charge < -0.3 is 26.0 Å². The summed E-state index contributed by atoms with van der Waals surface area (Å²) in [6.45, 7) is 0.897. The van der Waals surface area contributed by atoms with Crippen LogP contribution in [0.2, 0.25) is 0 Å². The molecule has 41 heavy (non-hydrogen) atoms. The number of nitrogens with two attached hydrogens (primary N) is 1. The van der Waals surface area contributed by atoms with E-state index in [0.717, 1.165) is 33.4 Å². The number of aromatic amines is 1. The van der Waals surface area contributed by atoms with Crippen LogP contribution in [-0.4, -0.2) is 50.4 Å². The number of benzene rings is 3. The molecule has 8 nitrogen and oxygen atoms in total. The van der Waals surface area contributed by atoms with E-state index in [-0.39, 0.29) is 18.1 Å². The number of rotatable bonds is 7. The number of para-hydroxylation sites is 2. The number of amides is 2. The third-order valence-electron chi connectivity index (χ3n) is 7.97. The van der Waals surface area contributed by atoms with Crippen molar-refractivity contribution in [1.29, 1.82) is 0 Å². The van der Waals surface area contributed by atoms with Gasteiger partial charge in [-0.05, 0) is 54.3 Å². The number of phenols is 1. The van der Waals surface area contributed by atoms with E-state index in [4.69, 9.17) is 5.73 Å². The van der Waals surface area contributed by atoms with Gasteiger partial charge in [0.05, 0.1) is 23.8 Å². The van der Waals surface area contributed by atoms with Crippen LogP contribution in [0.3, 0.4) is 0 Å². The zero-order chi connectivity index (χ0) is 28.4. The van der Waals surface area contributed by atoms with Gasteiger partial charge in [0.1, 0.15) is 11.3 Å². The van der Waals surface area contributed by atoms with Gasteiger partial charge in [-0.25, -0.2) is 0 Å². The second-order valence-electron chi connectivity index (χ2n) is 10.5. The number of anilines is 1. The van der Waals surface area contributed by atoms with Crippen LogP contribution in [0.5, 0.6) is 5.75 Å². The molecule has 0 atom stereocenters. The molecule has 8 heteroatoms. The van der Waals surface area contributed by atoms with Gasteiger partial charge >= 0.3 is 0 Å². The SMILES string of the molecule is NC(=O)C1(Nc2ccccc2)CCN(C(=O)Cc2ccc(-c3cccc(-c4cc5ccncc5[nH]4)c3O)cc2)CC1. The Balaban J connectivity index is 1.12. The van der Waals surface area contributed by atoms with Gasteiger partial charge in [0.2, 0.25) is 11.8 Å². The van der Waals surface area contributed by atoms with Crippen molar-refractivity contribution in [1.82, 2.24) is 14.9 Å². The number of likely N-dealkylation sites (tertiary alicyclic amines) is 1. The molecule has 206 valence electrons. The summed E-state index contributed by atoms with van der Waals surface area (Å²) in [6, 6.07) is 26.8. The van der Waals surface area contributed by atoms with Gasteiger partial charge in [0.25, 0.3) is 0 Å². The fraction of sp³-hybridized carbons (Fsp3) is 0.182. The number of nitrogens with one attached hydrogen (secondary N) is 2. The molecule has 6 rings (SSSR count). The molecule has 0 spiro atoms. The number of aromatic hydroxyl groups is 1. The normalized spacial score (nSPS) is 14.6. The number of fused-ring (bicyclic) bond motifs is 1. The first kappa shape index (κ1) is 26.1. The monoisotopic (exact) mass is 545 g/mol. The highest BCUT2D eigenvalue weighted by Crippen LogP contribution is 2.38.